The van der Waals surface area contributed by atoms with E-state index in [9.17, 15) is 0 Å². The van der Waals surface area contributed by atoms with Crippen LogP contribution >= 0.6 is 45.5 Å². The van der Waals surface area contributed by atoms with Crippen molar-refractivity contribution in [3.63, 3.8) is 0 Å². The van der Waals surface area contributed by atoms with Crippen LogP contribution < -0.4 is 5.32 Å². The van der Waals surface area contributed by atoms with E-state index >= 15 is 0 Å². The summed E-state index contributed by atoms with van der Waals surface area (Å²) in [5.74, 6) is 0. The summed E-state index contributed by atoms with van der Waals surface area (Å²) < 4.78 is 1.15. The summed E-state index contributed by atoms with van der Waals surface area (Å²) in [7, 11) is 0. The van der Waals surface area contributed by atoms with Gasteiger partial charge in [0.1, 0.15) is 10.0 Å². The zero-order valence-electron chi connectivity index (χ0n) is 9.49. The molecule has 1 aliphatic rings. The van der Waals surface area contributed by atoms with Gasteiger partial charge >= 0.3 is 0 Å². The molecule has 0 atom stereocenters. The summed E-state index contributed by atoms with van der Waals surface area (Å²) in [6, 6.07) is 6.54. The van der Waals surface area contributed by atoms with Gasteiger partial charge in [-0.05, 0) is 53.6 Å². The summed E-state index contributed by atoms with van der Waals surface area (Å²) in [5.41, 5.74) is 1.07. The van der Waals surface area contributed by atoms with Crippen LogP contribution in [0.1, 0.15) is 17.8 Å². The van der Waals surface area contributed by atoms with Crippen LogP contribution in [0.15, 0.2) is 18.2 Å². The number of nitrogens with one attached hydrogen (secondary N) is 1. The molecule has 6 heteroatoms. The van der Waals surface area contributed by atoms with Crippen molar-refractivity contribution in [3.8, 4) is 10.6 Å². The first kappa shape index (κ1) is 12.8. The third-order valence-electron chi connectivity index (χ3n) is 2.74. The zero-order chi connectivity index (χ0) is 12.5. The molecular weight excluding hydrogens is 381 g/mol. The Morgan fingerprint density at radius 1 is 1.39 bits per heavy atom. The Kier molecular flexibility index (Phi) is 3.83. The van der Waals surface area contributed by atoms with E-state index in [0.29, 0.717) is 6.04 Å². The largest absolute Gasteiger partial charge is 0.308 e. The Bertz CT molecular complexity index is 568. The minimum atomic E-state index is 0.698. The summed E-state index contributed by atoms with van der Waals surface area (Å²) in [5, 5.41) is 14.6. The fraction of sp³-hybridized carbons (Fsp3) is 0.333. The Hall–Kier alpha value is -0.240. The van der Waals surface area contributed by atoms with Crippen molar-refractivity contribution in [1.29, 1.82) is 0 Å². The van der Waals surface area contributed by atoms with E-state index in [2.05, 4.69) is 38.1 Å². The van der Waals surface area contributed by atoms with Crippen molar-refractivity contribution in [2.45, 2.75) is 25.4 Å². The van der Waals surface area contributed by atoms with Crippen molar-refractivity contribution in [2.24, 2.45) is 0 Å². The van der Waals surface area contributed by atoms with Crippen LogP contribution in [0.4, 0.5) is 0 Å². The highest BCUT2D eigenvalue weighted by Gasteiger charge is 2.21. The molecule has 1 heterocycles. The average Bonchev–Trinajstić information content (AvgIpc) is 3.08. The van der Waals surface area contributed by atoms with E-state index in [1.165, 1.54) is 12.8 Å². The molecule has 0 amide bonds. The number of hydrogen-bond donors (Lipinski definition) is 1. The smallest absolute Gasteiger partial charge is 0.148 e. The van der Waals surface area contributed by atoms with Crippen LogP contribution in [0.25, 0.3) is 10.6 Å². The summed E-state index contributed by atoms with van der Waals surface area (Å²) in [6.07, 6.45) is 2.58. The molecule has 18 heavy (non-hydrogen) atoms. The highest BCUT2D eigenvalue weighted by Crippen LogP contribution is 2.30. The molecule has 0 unspecified atom stereocenters. The molecule has 1 aromatic heterocycles. The Morgan fingerprint density at radius 2 is 2.22 bits per heavy atom. The maximum atomic E-state index is 6.03. The summed E-state index contributed by atoms with van der Waals surface area (Å²) in [4.78, 5) is 0. The van der Waals surface area contributed by atoms with Crippen molar-refractivity contribution in [2.75, 3.05) is 0 Å². The van der Waals surface area contributed by atoms with Crippen LogP contribution in [0.5, 0.6) is 0 Å². The first-order chi connectivity index (χ1) is 8.72. The van der Waals surface area contributed by atoms with E-state index in [1.54, 1.807) is 11.3 Å². The summed E-state index contributed by atoms with van der Waals surface area (Å²) in [6.45, 7) is 0.819. The van der Waals surface area contributed by atoms with Crippen LogP contribution in [0.3, 0.4) is 0 Å². The molecule has 0 spiro atoms. The molecule has 1 fully saturated rings. The predicted octanol–water partition coefficient (Wildman–Crippen LogP) is 3.72. The highest BCUT2D eigenvalue weighted by atomic mass is 127. The van der Waals surface area contributed by atoms with Gasteiger partial charge in [0.2, 0.25) is 0 Å². The number of halogens is 2. The molecule has 94 valence electrons. The van der Waals surface area contributed by atoms with Crippen LogP contribution in [0, 0.1) is 3.57 Å². The maximum absolute atomic E-state index is 6.03. The van der Waals surface area contributed by atoms with Crippen LogP contribution in [0.2, 0.25) is 5.02 Å². The van der Waals surface area contributed by atoms with Crippen molar-refractivity contribution < 1.29 is 0 Å². The Morgan fingerprint density at radius 3 is 3.00 bits per heavy atom. The fourth-order valence-electron chi connectivity index (χ4n) is 1.61. The van der Waals surface area contributed by atoms with Gasteiger partial charge in [-0.3, -0.25) is 0 Å². The molecular formula is C12H11ClIN3S. The molecule has 2 aromatic rings. The monoisotopic (exact) mass is 391 g/mol. The molecule has 1 aliphatic carbocycles. The lowest BCUT2D eigenvalue weighted by Crippen LogP contribution is -2.14. The SMILES string of the molecule is Clc1ccc(I)c(-c2nnc(CNC3CC3)s2)c1. The van der Waals surface area contributed by atoms with Gasteiger partial charge in [-0.1, -0.05) is 22.9 Å². The molecule has 3 nitrogen and oxygen atoms in total. The Labute approximate surface area is 128 Å². The minimum absolute atomic E-state index is 0.698. The number of rotatable bonds is 4. The molecule has 1 N–H and O–H groups in total. The van der Waals surface area contributed by atoms with Gasteiger partial charge in [-0.25, -0.2) is 0 Å². The molecule has 0 radical (unpaired) electrons. The number of hydrogen-bond acceptors (Lipinski definition) is 4. The lowest BCUT2D eigenvalue weighted by molar-refractivity contribution is 0.679. The van der Waals surface area contributed by atoms with Gasteiger partial charge in [0.15, 0.2) is 0 Å². The molecule has 0 bridgehead atoms. The average molecular weight is 392 g/mol. The highest BCUT2D eigenvalue weighted by molar-refractivity contribution is 14.1. The van der Waals surface area contributed by atoms with E-state index in [-0.39, 0.29) is 0 Å². The van der Waals surface area contributed by atoms with Crippen molar-refractivity contribution in [3.05, 3.63) is 31.8 Å². The second kappa shape index (κ2) is 5.40. The standard InChI is InChI=1S/C12H11ClIN3S/c13-7-1-4-10(14)9(5-7)12-17-16-11(18-12)6-15-8-2-3-8/h1,4-5,8,15H,2-3,6H2. The van der Waals surface area contributed by atoms with Gasteiger partial charge in [0.25, 0.3) is 0 Å². The topological polar surface area (TPSA) is 37.8 Å². The van der Waals surface area contributed by atoms with E-state index in [0.717, 1.165) is 30.7 Å². The fourth-order valence-corrected chi connectivity index (χ4v) is 3.38. The molecule has 1 aromatic carbocycles. The lowest BCUT2D eigenvalue weighted by Gasteiger charge is -2.00. The van der Waals surface area contributed by atoms with E-state index in [1.807, 2.05) is 18.2 Å². The van der Waals surface area contributed by atoms with Crippen molar-refractivity contribution in [1.82, 2.24) is 15.5 Å². The number of nitrogens with zero attached hydrogens (tertiary/aromatic N) is 2. The first-order valence-corrected chi connectivity index (χ1v) is 8.01. The van der Waals surface area contributed by atoms with Gasteiger partial charge in [0, 0.05) is 26.7 Å². The van der Waals surface area contributed by atoms with Gasteiger partial charge in [-0.15, -0.1) is 10.2 Å². The molecule has 0 aliphatic heterocycles. The normalized spacial score (nSPS) is 15.0. The third-order valence-corrected chi connectivity index (χ3v) is 4.88. The maximum Gasteiger partial charge on any atom is 0.148 e. The Balaban J connectivity index is 1.80. The van der Waals surface area contributed by atoms with E-state index in [4.69, 9.17) is 11.6 Å². The molecule has 0 saturated heterocycles. The minimum Gasteiger partial charge on any atom is -0.308 e. The van der Waals surface area contributed by atoms with Gasteiger partial charge in [-0.2, -0.15) is 0 Å². The zero-order valence-corrected chi connectivity index (χ0v) is 13.2. The van der Waals surface area contributed by atoms with Crippen LogP contribution in [-0.2, 0) is 6.54 Å². The van der Waals surface area contributed by atoms with E-state index < -0.39 is 0 Å². The third kappa shape index (κ3) is 3.01. The quantitative estimate of drug-likeness (QED) is 0.807. The second-order valence-corrected chi connectivity index (χ2v) is 6.94. The molecule has 3 rings (SSSR count). The van der Waals surface area contributed by atoms with Gasteiger partial charge < -0.3 is 5.32 Å². The second-order valence-electron chi connectivity index (χ2n) is 4.28. The first-order valence-electron chi connectivity index (χ1n) is 5.73. The number of benzene rings is 1. The van der Waals surface area contributed by atoms with Crippen molar-refractivity contribution >= 4 is 45.5 Å². The summed E-state index contributed by atoms with van der Waals surface area (Å²) >= 11 is 9.95. The predicted molar refractivity (Wildman–Crippen MR) is 82.9 cm³/mol. The van der Waals surface area contributed by atoms with Gasteiger partial charge in [0.05, 0.1) is 0 Å². The van der Waals surface area contributed by atoms with Crippen LogP contribution in [-0.4, -0.2) is 16.2 Å². The number of aromatic nitrogens is 2. The molecule has 1 saturated carbocycles. The lowest BCUT2D eigenvalue weighted by atomic mass is 10.2.